The van der Waals surface area contributed by atoms with Crippen LogP contribution in [-0.2, 0) is 9.47 Å². The van der Waals surface area contributed by atoms with Crippen molar-refractivity contribution in [2.45, 2.75) is 64.5 Å². The molecule has 1 rings (SSSR count). The second-order valence-corrected chi connectivity index (χ2v) is 6.11. The largest absolute Gasteiger partial charge is 0.444 e. The third-order valence-electron chi connectivity index (χ3n) is 2.85. The predicted molar refractivity (Wildman–Crippen MR) is 68.1 cm³/mol. The summed E-state index contributed by atoms with van der Waals surface area (Å²) in [6, 6.07) is 1.33. The highest BCUT2D eigenvalue weighted by Crippen LogP contribution is 2.31. The monoisotopic (exact) mass is 270 g/mol. The maximum absolute atomic E-state index is 12.2. The van der Waals surface area contributed by atoms with Crippen LogP contribution in [0, 0.1) is 11.3 Å². The molecule has 0 aromatic heterocycles. The summed E-state index contributed by atoms with van der Waals surface area (Å²) in [7, 11) is 0. The molecule has 19 heavy (non-hydrogen) atoms. The highest BCUT2D eigenvalue weighted by atomic mass is 16.6. The molecule has 1 amide bonds. The molecule has 1 aliphatic rings. The lowest BCUT2D eigenvalue weighted by molar-refractivity contribution is -0.0675. The lowest BCUT2D eigenvalue weighted by Gasteiger charge is -2.36. The Morgan fingerprint density at radius 3 is 2.68 bits per heavy atom. The van der Waals surface area contributed by atoms with Crippen molar-refractivity contribution >= 4 is 6.09 Å². The van der Waals surface area contributed by atoms with Crippen LogP contribution in [-0.4, -0.2) is 46.2 Å². The summed E-state index contributed by atoms with van der Waals surface area (Å²) in [4.78, 5) is 13.6. The first kappa shape index (κ1) is 15.7. The van der Waals surface area contributed by atoms with E-state index in [-0.39, 0.29) is 13.0 Å². The summed E-state index contributed by atoms with van der Waals surface area (Å²) in [5, 5.41) is 18.6. The maximum atomic E-state index is 12.2. The van der Waals surface area contributed by atoms with Gasteiger partial charge in [-0.1, -0.05) is 0 Å². The summed E-state index contributed by atoms with van der Waals surface area (Å²) in [6.45, 7) is 8.97. The zero-order valence-corrected chi connectivity index (χ0v) is 12.1. The molecule has 1 aliphatic heterocycles. The fraction of sp³-hybridized carbons (Fsp3) is 0.846. The molecule has 0 radical (unpaired) electrons. The van der Waals surface area contributed by atoms with E-state index in [1.54, 1.807) is 34.6 Å². The molecule has 1 saturated heterocycles. The molecular formula is C13H22N2O4. The van der Waals surface area contributed by atoms with E-state index in [4.69, 9.17) is 14.7 Å². The van der Waals surface area contributed by atoms with Gasteiger partial charge in [0, 0.05) is 0 Å². The summed E-state index contributed by atoms with van der Waals surface area (Å²) >= 11 is 0. The highest BCUT2D eigenvalue weighted by molar-refractivity contribution is 5.69. The van der Waals surface area contributed by atoms with E-state index < -0.39 is 29.6 Å². The quantitative estimate of drug-likeness (QED) is 0.824. The van der Waals surface area contributed by atoms with Crippen LogP contribution in [0.1, 0.15) is 41.0 Å². The Morgan fingerprint density at radius 2 is 2.21 bits per heavy atom. The zero-order chi connectivity index (χ0) is 14.8. The number of ether oxygens (including phenoxy) is 2. The second-order valence-electron chi connectivity index (χ2n) is 6.11. The molecule has 0 bridgehead atoms. The summed E-state index contributed by atoms with van der Waals surface area (Å²) in [6.07, 6.45) is -1.54. The van der Waals surface area contributed by atoms with Crippen molar-refractivity contribution in [3.05, 3.63) is 0 Å². The van der Waals surface area contributed by atoms with Gasteiger partial charge in [-0.25, -0.2) is 4.79 Å². The first-order valence-electron chi connectivity index (χ1n) is 6.30. The van der Waals surface area contributed by atoms with Crippen molar-refractivity contribution < 1.29 is 19.4 Å². The molecule has 6 nitrogen and oxygen atoms in total. The Hall–Kier alpha value is -1.32. The van der Waals surface area contributed by atoms with E-state index >= 15 is 0 Å². The van der Waals surface area contributed by atoms with E-state index in [1.165, 1.54) is 4.90 Å². The number of nitrogens with zero attached hydrogens (tertiary/aromatic N) is 2. The molecule has 0 saturated carbocycles. The van der Waals surface area contributed by atoms with Crippen LogP contribution in [0.5, 0.6) is 0 Å². The number of hydrogen-bond donors (Lipinski definition) is 1. The molecule has 0 aromatic carbocycles. The minimum absolute atomic E-state index is 0.0522. The molecule has 2 atom stereocenters. The summed E-state index contributed by atoms with van der Waals surface area (Å²) in [5.74, 6) is 0. The van der Waals surface area contributed by atoms with E-state index in [9.17, 15) is 9.90 Å². The smallest absolute Gasteiger partial charge is 0.412 e. The van der Waals surface area contributed by atoms with Gasteiger partial charge in [-0.05, 0) is 34.6 Å². The number of rotatable bonds is 2. The lowest BCUT2D eigenvalue weighted by atomic mass is 10.1. The topological polar surface area (TPSA) is 82.8 Å². The Kier molecular flexibility index (Phi) is 4.43. The molecule has 6 heteroatoms. The van der Waals surface area contributed by atoms with Crippen molar-refractivity contribution in [1.82, 2.24) is 4.90 Å². The molecule has 0 spiro atoms. The third-order valence-corrected chi connectivity index (χ3v) is 2.85. The molecule has 1 fully saturated rings. The molecule has 1 N–H and O–H groups in total. The number of carbonyl (C=O) groups excluding carboxylic acids is 1. The lowest BCUT2D eigenvalue weighted by Crippen LogP contribution is -2.53. The third kappa shape index (κ3) is 3.82. The van der Waals surface area contributed by atoms with Crippen LogP contribution in [0.3, 0.4) is 0 Å². The number of nitriles is 1. The minimum Gasteiger partial charge on any atom is -0.444 e. The Morgan fingerprint density at radius 1 is 1.63 bits per heavy atom. The fourth-order valence-electron chi connectivity index (χ4n) is 2.01. The van der Waals surface area contributed by atoms with Crippen molar-refractivity contribution in [3.8, 4) is 6.07 Å². The normalized spacial score (nSPS) is 23.8. The van der Waals surface area contributed by atoms with Crippen LogP contribution in [0.25, 0.3) is 0 Å². The van der Waals surface area contributed by atoms with E-state index in [1.807, 2.05) is 6.07 Å². The molecular weight excluding hydrogens is 248 g/mol. The zero-order valence-electron chi connectivity index (χ0n) is 12.1. The summed E-state index contributed by atoms with van der Waals surface area (Å²) in [5.41, 5.74) is -1.48. The van der Waals surface area contributed by atoms with Crippen molar-refractivity contribution in [1.29, 1.82) is 5.26 Å². The van der Waals surface area contributed by atoms with Gasteiger partial charge in [0.2, 0.25) is 0 Å². The Bertz CT molecular complexity index is 381. The average molecular weight is 270 g/mol. The number of aliphatic hydroxyl groups excluding tert-OH is 1. The van der Waals surface area contributed by atoms with Gasteiger partial charge in [0.15, 0.2) is 0 Å². The van der Waals surface area contributed by atoms with Gasteiger partial charge in [-0.15, -0.1) is 0 Å². The summed E-state index contributed by atoms with van der Waals surface area (Å²) < 4.78 is 10.9. The highest BCUT2D eigenvalue weighted by Gasteiger charge is 2.48. The first-order valence-corrected chi connectivity index (χ1v) is 6.30. The van der Waals surface area contributed by atoms with Gasteiger partial charge in [-0.2, -0.15) is 5.26 Å². The van der Waals surface area contributed by atoms with E-state index in [2.05, 4.69) is 0 Å². The molecule has 108 valence electrons. The predicted octanol–water partition coefficient (Wildman–Crippen LogP) is 1.63. The van der Waals surface area contributed by atoms with Gasteiger partial charge < -0.3 is 14.6 Å². The fourth-order valence-corrected chi connectivity index (χ4v) is 2.01. The molecule has 0 unspecified atom stereocenters. The van der Waals surface area contributed by atoms with Crippen LogP contribution in [0.2, 0.25) is 0 Å². The van der Waals surface area contributed by atoms with Crippen LogP contribution < -0.4 is 0 Å². The first-order chi connectivity index (χ1) is 8.58. The SMILES string of the molecule is CC(C)(C)OC(=O)N1[C@H]([C@H](O)CC#N)COC1(C)C. The van der Waals surface area contributed by atoms with Crippen LogP contribution in [0.4, 0.5) is 4.79 Å². The molecule has 0 aliphatic carbocycles. The van der Waals surface area contributed by atoms with E-state index in [0.29, 0.717) is 0 Å². The van der Waals surface area contributed by atoms with Gasteiger partial charge in [-0.3, -0.25) is 4.90 Å². The number of aliphatic hydroxyl groups is 1. The number of hydrogen-bond acceptors (Lipinski definition) is 5. The van der Waals surface area contributed by atoms with E-state index in [0.717, 1.165) is 0 Å². The standard InChI is InChI=1S/C13H22N2O4/c1-12(2,3)19-11(17)15-9(10(16)6-7-14)8-18-13(15,4)5/h9-10,16H,6,8H2,1-5H3/t9-,10+/m0/s1. The number of amides is 1. The van der Waals surface area contributed by atoms with Crippen molar-refractivity contribution in [2.75, 3.05) is 6.61 Å². The van der Waals surface area contributed by atoms with Crippen LogP contribution >= 0.6 is 0 Å². The maximum Gasteiger partial charge on any atom is 0.412 e. The van der Waals surface area contributed by atoms with Crippen molar-refractivity contribution in [3.63, 3.8) is 0 Å². The van der Waals surface area contributed by atoms with Crippen molar-refractivity contribution in [2.24, 2.45) is 0 Å². The number of carbonyl (C=O) groups is 1. The molecule has 0 aromatic rings. The average Bonchev–Trinajstić information content (AvgIpc) is 2.51. The second kappa shape index (κ2) is 5.35. The molecule has 1 heterocycles. The van der Waals surface area contributed by atoms with Gasteiger partial charge in [0.1, 0.15) is 11.3 Å². The van der Waals surface area contributed by atoms with Gasteiger partial charge in [0.25, 0.3) is 0 Å². The van der Waals surface area contributed by atoms with Crippen LogP contribution in [0.15, 0.2) is 0 Å². The van der Waals surface area contributed by atoms with Gasteiger partial charge >= 0.3 is 6.09 Å². The van der Waals surface area contributed by atoms with Gasteiger partial charge in [0.05, 0.1) is 31.2 Å². The minimum atomic E-state index is -0.945. The Balaban J connectivity index is 2.90. The Labute approximate surface area is 113 Å².